The smallest absolute Gasteiger partial charge is 0.263 e. The van der Waals surface area contributed by atoms with Gasteiger partial charge in [-0.1, -0.05) is 18.2 Å². The monoisotopic (exact) mass is 370 g/mol. The van der Waals surface area contributed by atoms with Crippen molar-refractivity contribution in [3.05, 3.63) is 63.9 Å². The molecule has 1 aromatic carbocycles. The molecule has 0 saturated carbocycles. The van der Waals surface area contributed by atoms with E-state index in [4.69, 9.17) is 4.74 Å². The molecule has 2 heterocycles. The minimum Gasteiger partial charge on any atom is -0.486 e. The fraction of sp³-hybridized carbons (Fsp3) is 0.222. The Balaban J connectivity index is 1.58. The summed E-state index contributed by atoms with van der Waals surface area (Å²) in [4.78, 5) is 29.3. The van der Waals surface area contributed by atoms with Crippen LogP contribution in [0.15, 0.2) is 42.6 Å². The predicted molar refractivity (Wildman–Crippen MR) is 97.5 cm³/mol. The molecule has 3 aromatic rings. The molecule has 0 bridgehead atoms. The summed E-state index contributed by atoms with van der Waals surface area (Å²) in [6.45, 7) is 1.96. The Labute approximate surface area is 154 Å². The number of ketones is 1. The van der Waals surface area contributed by atoms with Crippen LogP contribution in [0.5, 0.6) is 5.75 Å². The van der Waals surface area contributed by atoms with Crippen molar-refractivity contribution in [2.45, 2.75) is 13.5 Å². The standard InChI is InChI=1S/C18H18N4O3S/c1-12-17(18(24)19-10-15(23)14-8-9-20-22(14)2)26-16(21-12)11-25-13-6-4-3-5-7-13/h3-9H,10-11H2,1-2H3,(H,19,24). The van der Waals surface area contributed by atoms with E-state index in [2.05, 4.69) is 15.4 Å². The number of hydrogen-bond donors (Lipinski definition) is 1. The molecule has 8 heteroatoms. The van der Waals surface area contributed by atoms with Gasteiger partial charge in [-0.2, -0.15) is 5.10 Å². The van der Waals surface area contributed by atoms with Crippen LogP contribution in [0.1, 0.15) is 30.9 Å². The summed E-state index contributed by atoms with van der Waals surface area (Å²) in [7, 11) is 1.68. The van der Waals surface area contributed by atoms with Crippen molar-refractivity contribution in [2.24, 2.45) is 7.05 Å². The molecule has 1 amide bonds. The minimum atomic E-state index is -0.318. The van der Waals surface area contributed by atoms with Gasteiger partial charge in [0.2, 0.25) is 0 Å². The van der Waals surface area contributed by atoms with Crippen LogP contribution in [0.3, 0.4) is 0 Å². The summed E-state index contributed by atoms with van der Waals surface area (Å²) in [6.07, 6.45) is 1.54. The van der Waals surface area contributed by atoms with E-state index in [-0.39, 0.29) is 24.8 Å². The number of para-hydroxylation sites is 1. The van der Waals surface area contributed by atoms with Crippen LogP contribution in [-0.2, 0) is 13.7 Å². The topological polar surface area (TPSA) is 86.1 Å². The summed E-state index contributed by atoms with van der Waals surface area (Å²) in [5.41, 5.74) is 1.07. The number of amides is 1. The van der Waals surface area contributed by atoms with E-state index in [0.29, 0.717) is 21.3 Å². The number of carbonyl (C=O) groups excluding carboxylic acids is 2. The lowest BCUT2D eigenvalue weighted by Gasteiger charge is -2.04. The van der Waals surface area contributed by atoms with Gasteiger partial charge >= 0.3 is 0 Å². The maximum absolute atomic E-state index is 12.4. The number of nitrogens with one attached hydrogen (secondary N) is 1. The van der Waals surface area contributed by atoms with Gasteiger partial charge in [-0.15, -0.1) is 11.3 Å². The third-order valence-electron chi connectivity index (χ3n) is 3.67. The van der Waals surface area contributed by atoms with Crippen LogP contribution < -0.4 is 10.1 Å². The lowest BCUT2D eigenvalue weighted by molar-refractivity contribution is 0.0902. The van der Waals surface area contributed by atoms with Crippen molar-refractivity contribution >= 4 is 23.0 Å². The Morgan fingerprint density at radius 3 is 2.69 bits per heavy atom. The SMILES string of the molecule is Cc1nc(COc2ccccc2)sc1C(=O)NCC(=O)c1ccnn1C. The highest BCUT2D eigenvalue weighted by molar-refractivity contribution is 7.13. The Morgan fingerprint density at radius 1 is 1.23 bits per heavy atom. The van der Waals surface area contributed by atoms with Gasteiger partial charge in [-0.3, -0.25) is 14.3 Å². The normalized spacial score (nSPS) is 10.5. The summed E-state index contributed by atoms with van der Waals surface area (Å²) in [5, 5.41) is 7.29. The van der Waals surface area contributed by atoms with E-state index in [0.717, 1.165) is 5.75 Å². The van der Waals surface area contributed by atoms with Gasteiger partial charge in [0, 0.05) is 13.2 Å². The predicted octanol–water partition coefficient (Wildman–Crippen LogP) is 2.38. The van der Waals surface area contributed by atoms with Crippen LogP contribution in [-0.4, -0.2) is 33.0 Å². The molecule has 7 nitrogen and oxygen atoms in total. The van der Waals surface area contributed by atoms with Crippen molar-refractivity contribution in [1.82, 2.24) is 20.1 Å². The van der Waals surface area contributed by atoms with Crippen LogP contribution >= 0.6 is 11.3 Å². The maximum atomic E-state index is 12.4. The second-order valence-electron chi connectivity index (χ2n) is 5.57. The maximum Gasteiger partial charge on any atom is 0.263 e. The molecule has 3 rings (SSSR count). The average Bonchev–Trinajstić information content (AvgIpc) is 3.24. The first kappa shape index (κ1) is 17.8. The molecule has 134 valence electrons. The van der Waals surface area contributed by atoms with Gasteiger partial charge in [-0.25, -0.2) is 4.98 Å². The highest BCUT2D eigenvalue weighted by atomic mass is 32.1. The van der Waals surface area contributed by atoms with Gasteiger partial charge < -0.3 is 10.1 Å². The number of nitrogens with zero attached hydrogens (tertiary/aromatic N) is 3. The molecule has 0 aliphatic heterocycles. The van der Waals surface area contributed by atoms with E-state index < -0.39 is 0 Å². The second kappa shape index (κ2) is 7.92. The molecule has 26 heavy (non-hydrogen) atoms. The van der Waals surface area contributed by atoms with E-state index >= 15 is 0 Å². The number of aryl methyl sites for hydroxylation is 2. The van der Waals surface area contributed by atoms with E-state index in [1.54, 1.807) is 26.2 Å². The molecule has 0 saturated heterocycles. The molecule has 0 aliphatic carbocycles. The molecule has 0 aliphatic rings. The first-order chi connectivity index (χ1) is 12.5. The van der Waals surface area contributed by atoms with E-state index in [1.165, 1.54) is 16.0 Å². The first-order valence-electron chi connectivity index (χ1n) is 7.98. The zero-order valence-corrected chi connectivity index (χ0v) is 15.2. The van der Waals surface area contributed by atoms with Crippen LogP contribution in [0.2, 0.25) is 0 Å². The molecular weight excluding hydrogens is 352 g/mol. The molecule has 0 fully saturated rings. The number of rotatable bonds is 7. The molecule has 2 aromatic heterocycles. The highest BCUT2D eigenvalue weighted by Gasteiger charge is 2.17. The third-order valence-corrected chi connectivity index (χ3v) is 4.80. The van der Waals surface area contributed by atoms with Gasteiger partial charge in [0.05, 0.1) is 12.2 Å². The summed E-state index contributed by atoms with van der Waals surface area (Å²) < 4.78 is 7.13. The molecule has 0 unspecified atom stereocenters. The molecule has 0 spiro atoms. The Bertz CT molecular complexity index is 918. The number of aromatic nitrogens is 3. The highest BCUT2D eigenvalue weighted by Crippen LogP contribution is 2.20. The molecule has 0 atom stereocenters. The zero-order valence-electron chi connectivity index (χ0n) is 14.4. The second-order valence-corrected chi connectivity index (χ2v) is 6.65. The molecular formula is C18H18N4O3S. The minimum absolute atomic E-state index is 0.0917. The summed E-state index contributed by atoms with van der Waals surface area (Å²) in [6, 6.07) is 11.0. The zero-order chi connectivity index (χ0) is 18.5. The van der Waals surface area contributed by atoms with Crippen LogP contribution in [0.25, 0.3) is 0 Å². The van der Waals surface area contributed by atoms with Gasteiger partial charge in [0.15, 0.2) is 5.78 Å². The van der Waals surface area contributed by atoms with Crippen LogP contribution in [0, 0.1) is 6.92 Å². The number of hydrogen-bond acceptors (Lipinski definition) is 6. The fourth-order valence-corrected chi connectivity index (χ4v) is 3.26. The van der Waals surface area contributed by atoms with Crippen LogP contribution in [0.4, 0.5) is 0 Å². The number of benzene rings is 1. The first-order valence-corrected chi connectivity index (χ1v) is 8.80. The van der Waals surface area contributed by atoms with Gasteiger partial charge in [0.25, 0.3) is 5.91 Å². The van der Waals surface area contributed by atoms with Gasteiger partial charge in [0.1, 0.15) is 27.9 Å². The lowest BCUT2D eigenvalue weighted by Crippen LogP contribution is -2.30. The average molecular weight is 370 g/mol. The largest absolute Gasteiger partial charge is 0.486 e. The van der Waals surface area contributed by atoms with E-state index in [9.17, 15) is 9.59 Å². The quantitative estimate of drug-likeness (QED) is 0.645. The van der Waals surface area contributed by atoms with Gasteiger partial charge in [-0.05, 0) is 25.1 Å². The third kappa shape index (κ3) is 4.15. The number of Topliss-reactive ketones (excluding diaryl/α,β-unsaturated/α-hetero) is 1. The number of thiazole rings is 1. The Hall–Kier alpha value is -3.00. The summed E-state index contributed by atoms with van der Waals surface area (Å²) in [5.74, 6) is 0.225. The van der Waals surface area contributed by atoms with Crippen molar-refractivity contribution in [2.75, 3.05) is 6.54 Å². The Morgan fingerprint density at radius 2 is 2.00 bits per heavy atom. The number of carbonyl (C=O) groups is 2. The molecule has 0 radical (unpaired) electrons. The lowest BCUT2D eigenvalue weighted by atomic mass is 10.2. The van der Waals surface area contributed by atoms with Crippen molar-refractivity contribution in [3.63, 3.8) is 0 Å². The molecule has 1 N–H and O–H groups in total. The number of ether oxygens (including phenoxy) is 1. The summed E-state index contributed by atoms with van der Waals surface area (Å²) >= 11 is 1.26. The van der Waals surface area contributed by atoms with Crippen molar-refractivity contribution in [1.29, 1.82) is 0 Å². The van der Waals surface area contributed by atoms with Crippen molar-refractivity contribution in [3.8, 4) is 5.75 Å². The fourth-order valence-electron chi connectivity index (χ4n) is 2.37. The Kier molecular flexibility index (Phi) is 5.43. The van der Waals surface area contributed by atoms with Crippen molar-refractivity contribution < 1.29 is 14.3 Å². The van der Waals surface area contributed by atoms with E-state index in [1.807, 2.05) is 30.3 Å².